The van der Waals surface area contributed by atoms with Crippen molar-refractivity contribution < 1.29 is 4.74 Å². The molecule has 1 N–H and O–H groups in total. The first kappa shape index (κ1) is 12.9. The van der Waals surface area contributed by atoms with Crippen LogP contribution in [0.5, 0.6) is 5.75 Å². The van der Waals surface area contributed by atoms with Crippen molar-refractivity contribution in [3.05, 3.63) is 29.3 Å². The average molecular weight is 245 g/mol. The molecule has 1 aliphatic rings. The van der Waals surface area contributed by atoms with E-state index in [1.807, 2.05) is 18.2 Å². The highest BCUT2D eigenvalue weighted by molar-refractivity contribution is 5.45. The van der Waals surface area contributed by atoms with E-state index in [0.29, 0.717) is 17.4 Å². The summed E-state index contributed by atoms with van der Waals surface area (Å²) in [5, 5.41) is 12.5. The van der Waals surface area contributed by atoms with Crippen molar-refractivity contribution in [1.29, 1.82) is 5.26 Å². The molecule has 0 radical (unpaired) electrons. The highest BCUT2D eigenvalue weighted by Gasteiger charge is 2.16. The summed E-state index contributed by atoms with van der Waals surface area (Å²) in [4.78, 5) is 2.41. The molecule has 4 nitrogen and oxygen atoms in total. The molecule has 1 fully saturated rings. The van der Waals surface area contributed by atoms with Crippen LogP contribution < -0.4 is 10.1 Å². The van der Waals surface area contributed by atoms with Crippen molar-refractivity contribution in [1.82, 2.24) is 10.2 Å². The van der Waals surface area contributed by atoms with Gasteiger partial charge in [-0.3, -0.25) is 4.90 Å². The number of piperazine rings is 1. The standard InChI is InChI=1S/C14H19N3O/c1-11-9-17(6-5-16-11)10-12-3-4-14(18-2)13(7-12)8-15/h3-4,7,11,16H,5-6,9-10H2,1-2H3. The van der Waals surface area contributed by atoms with E-state index in [4.69, 9.17) is 10.00 Å². The smallest absolute Gasteiger partial charge is 0.136 e. The van der Waals surface area contributed by atoms with Crippen LogP contribution in [0.4, 0.5) is 0 Å². The van der Waals surface area contributed by atoms with Gasteiger partial charge in [0.05, 0.1) is 12.7 Å². The van der Waals surface area contributed by atoms with Crippen LogP contribution in [0.15, 0.2) is 18.2 Å². The minimum absolute atomic E-state index is 0.535. The first-order valence-electron chi connectivity index (χ1n) is 6.25. The number of ether oxygens (including phenoxy) is 1. The molecule has 1 saturated heterocycles. The monoisotopic (exact) mass is 245 g/mol. The Balaban J connectivity index is 2.07. The Hall–Kier alpha value is -1.57. The first-order chi connectivity index (χ1) is 8.72. The summed E-state index contributed by atoms with van der Waals surface area (Å²) in [7, 11) is 1.59. The third kappa shape index (κ3) is 3.00. The van der Waals surface area contributed by atoms with Gasteiger partial charge in [0.25, 0.3) is 0 Å². The molecule has 1 aromatic rings. The van der Waals surface area contributed by atoms with Gasteiger partial charge < -0.3 is 10.1 Å². The zero-order valence-corrected chi connectivity index (χ0v) is 10.9. The van der Waals surface area contributed by atoms with Crippen molar-refractivity contribution >= 4 is 0 Å². The summed E-state index contributed by atoms with van der Waals surface area (Å²) < 4.78 is 5.15. The molecule has 0 saturated carbocycles. The van der Waals surface area contributed by atoms with E-state index >= 15 is 0 Å². The molecule has 1 unspecified atom stereocenters. The number of hydrogen-bond donors (Lipinski definition) is 1. The number of benzene rings is 1. The summed E-state index contributed by atoms with van der Waals surface area (Å²) in [6.45, 7) is 6.22. The fourth-order valence-corrected chi connectivity index (χ4v) is 2.35. The van der Waals surface area contributed by atoms with Crippen LogP contribution in [0.25, 0.3) is 0 Å². The molecule has 1 heterocycles. The van der Waals surface area contributed by atoms with Crippen LogP contribution in [0, 0.1) is 11.3 Å². The average Bonchev–Trinajstić information content (AvgIpc) is 2.38. The van der Waals surface area contributed by atoms with Crippen LogP contribution in [0.2, 0.25) is 0 Å². The van der Waals surface area contributed by atoms with Gasteiger partial charge in [-0.2, -0.15) is 5.26 Å². The van der Waals surface area contributed by atoms with Crippen LogP contribution >= 0.6 is 0 Å². The number of nitrogens with one attached hydrogen (secondary N) is 1. The van der Waals surface area contributed by atoms with E-state index in [9.17, 15) is 0 Å². The number of hydrogen-bond acceptors (Lipinski definition) is 4. The highest BCUT2D eigenvalue weighted by Crippen LogP contribution is 2.20. The van der Waals surface area contributed by atoms with Gasteiger partial charge in [-0.05, 0) is 24.6 Å². The quantitative estimate of drug-likeness (QED) is 0.873. The van der Waals surface area contributed by atoms with Gasteiger partial charge in [-0.25, -0.2) is 0 Å². The number of nitriles is 1. The van der Waals surface area contributed by atoms with E-state index in [-0.39, 0.29) is 0 Å². The van der Waals surface area contributed by atoms with E-state index in [0.717, 1.165) is 26.2 Å². The largest absolute Gasteiger partial charge is 0.495 e. The molecule has 0 bridgehead atoms. The van der Waals surface area contributed by atoms with Crippen LogP contribution in [-0.4, -0.2) is 37.7 Å². The predicted molar refractivity (Wildman–Crippen MR) is 70.5 cm³/mol. The number of methoxy groups -OCH3 is 1. The van der Waals surface area contributed by atoms with E-state index in [1.165, 1.54) is 5.56 Å². The molecule has 1 atom stereocenters. The molecular weight excluding hydrogens is 226 g/mol. The summed E-state index contributed by atoms with van der Waals surface area (Å²) in [6.07, 6.45) is 0. The lowest BCUT2D eigenvalue weighted by Gasteiger charge is -2.31. The maximum absolute atomic E-state index is 9.07. The van der Waals surface area contributed by atoms with E-state index < -0.39 is 0 Å². The molecular formula is C14H19N3O. The minimum Gasteiger partial charge on any atom is -0.495 e. The molecule has 2 rings (SSSR count). The Bertz CT molecular complexity index is 453. The van der Waals surface area contributed by atoms with Crippen molar-refractivity contribution in [3.8, 4) is 11.8 Å². The number of nitrogens with zero attached hydrogens (tertiary/aromatic N) is 2. The van der Waals surface area contributed by atoms with Gasteiger partial charge >= 0.3 is 0 Å². The lowest BCUT2D eigenvalue weighted by atomic mass is 10.1. The van der Waals surface area contributed by atoms with E-state index in [1.54, 1.807) is 7.11 Å². The van der Waals surface area contributed by atoms with Gasteiger partial charge in [0.1, 0.15) is 11.8 Å². The topological polar surface area (TPSA) is 48.3 Å². The normalized spacial score (nSPS) is 20.4. The van der Waals surface area contributed by atoms with Gasteiger partial charge in [-0.1, -0.05) is 6.07 Å². The molecule has 0 aromatic heterocycles. The fourth-order valence-electron chi connectivity index (χ4n) is 2.35. The lowest BCUT2D eigenvalue weighted by Crippen LogP contribution is -2.48. The second-order valence-electron chi connectivity index (χ2n) is 4.74. The fraction of sp³-hybridized carbons (Fsp3) is 0.500. The highest BCUT2D eigenvalue weighted by atomic mass is 16.5. The van der Waals surface area contributed by atoms with Gasteiger partial charge in [0.2, 0.25) is 0 Å². The van der Waals surface area contributed by atoms with Crippen molar-refractivity contribution in [2.24, 2.45) is 0 Å². The van der Waals surface area contributed by atoms with Gasteiger partial charge in [-0.15, -0.1) is 0 Å². The zero-order valence-electron chi connectivity index (χ0n) is 10.9. The lowest BCUT2D eigenvalue weighted by molar-refractivity contribution is 0.199. The van der Waals surface area contributed by atoms with Crippen LogP contribution in [0.3, 0.4) is 0 Å². The van der Waals surface area contributed by atoms with Gasteiger partial charge in [0, 0.05) is 32.2 Å². The SMILES string of the molecule is COc1ccc(CN2CCNC(C)C2)cc1C#N. The number of rotatable bonds is 3. The maximum Gasteiger partial charge on any atom is 0.136 e. The second-order valence-corrected chi connectivity index (χ2v) is 4.74. The van der Waals surface area contributed by atoms with Gasteiger partial charge in [0.15, 0.2) is 0 Å². The Morgan fingerprint density at radius 3 is 3.06 bits per heavy atom. The third-order valence-corrected chi connectivity index (χ3v) is 3.24. The molecule has 0 amide bonds. The maximum atomic E-state index is 9.07. The Labute approximate surface area is 108 Å². The Morgan fingerprint density at radius 2 is 2.39 bits per heavy atom. The van der Waals surface area contributed by atoms with Crippen molar-refractivity contribution in [3.63, 3.8) is 0 Å². The van der Waals surface area contributed by atoms with Crippen molar-refractivity contribution in [2.45, 2.75) is 19.5 Å². The Kier molecular flexibility index (Phi) is 4.19. The van der Waals surface area contributed by atoms with E-state index in [2.05, 4.69) is 23.2 Å². The summed E-state index contributed by atoms with van der Waals surface area (Å²) in [6, 6.07) is 8.54. The molecule has 18 heavy (non-hydrogen) atoms. The van der Waals surface area contributed by atoms with Crippen LogP contribution in [-0.2, 0) is 6.54 Å². The second kappa shape index (κ2) is 5.85. The molecule has 0 spiro atoms. The molecule has 1 aromatic carbocycles. The predicted octanol–water partition coefficient (Wildman–Crippen LogP) is 1.36. The Morgan fingerprint density at radius 1 is 1.56 bits per heavy atom. The summed E-state index contributed by atoms with van der Waals surface area (Å²) in [5.74, 6) is 0.648. The zero-order chi connectivity index (χ0) is 13.0. The third-order valence-electron chi connectivity index (χ3n) is 3.24. The molecule has 1 aliphatic heterocycles. The first-order valence-corrected chi connectivity index (χ1v) is 6.25. The van der Waals surface area contributed by atoms with Crippen LogP contribution in [0.1, 0.15) is 18.1 Å². The molecule has 4 heteroatoms. The van der Waals surface area contributed by atoms with Crippen molar-refractivity contribution in [2.75, 3.05) is 26.7 Å². The summed E-state index contributed by atoms with van der Waals surface area (Å²) in [5.41, 5.74) is 1.78. The molecule has 0 aliphatic carbocycles. The minimum atomic E-state index is 0.535. The molecule has 96 valence electrons. The summed E-state index contributed by atoms with van der Waals surface area (Å²) >= 11 is 0.